The van der Waals surface area contributed by atoms with Crippen LogP contribution in [-0.4, -0.2) is 23.5 Å². The standard InChI is InChI=1S/C15H20N2O3/c1-2-20-15(19)12-9-6-10-16-13(12)17-14(18)11-7-4-3-5-8-11/h6,9-11H,2-5,7-8H2,1H3,(H,16,17,18). The molecule has 1 aromatic heterocycles. The summed E-state index contributed by atoms with van der Waals surface area (Å²) in [4.78, 5) is 28.1. The summed E-state index contributed by atoms with van der Waals surface area (Å²) in [5, 5.41) is 2.77. The zero-order chi connectivity index (χ0) is 14.4. The summed E-state index contributed by atoms with van der Waals surface area (Å²) in [6, 6.07) is 3.27. The van der Waals surface area contributed by atoms with E-state index < -0.39 is 5.97 Å². The Kier molecular flexibility index (Phi) is 5.09. The fraction of sp³-hybridized carbons (Fsp3) is 0.533. The van der Waals surface area contributed by atoms with Gasteiger partial charge in [-0.2, -0.15) is 0 Å². The Morgan fingerprint density at radius 1 is 1.35 bits per heavy atom. The van der Waals surface area contributed by atoms with Crippen LogP contribution in [0.3, 0.4) is 0 Å². The first kappa shape index (κ1) is 14.5. The lowest BCUT2D eigenvalue weighted by Gasteiger charge is -2.20. The summed E-state index contributed by atoms with van der Waals surface area (Å²) in [7, 11) is 0. The minimum atomic E-state index is -0.459. The number of amides is 1. The third kappa shape index (κ3) is 3.56. The molecule has 1 aliphatic carbocycles. The molecule has 0 saturated heterocycles. The smallest absolute Gasteiger partial charge is 0.341 e. The van der Waals surface area contributed by atoms with Crippen molar-refractivity contribution in [2.45, 2.75) is 39.0 Å². The van der Waals surface area contributed by atoms with E-state index in [-0.39, 0.29) is 11.8 Å². The van der Waals surface area contributed by atoms with E-state index in [1.165, 1.54) is 6.42 Å². The fourth-order valence-electron chi connectivity index (χ4n) is 2.46. The normalized spacial score (nSPS) is 15.7. The zero-order valence-electron chi connectivity index (χ0n) is 11.7. The maximum atomic E-state index is 12.2. The van der Waals surface area contributed by atoms with E-state index in [4.69, 9.17) is 4.74 Å². The lowest BCUT2D eigenvalue weighted by molar-refractivity contribution is -0.120. The molecule has 1 amide bonds. The molecular formula is C15H20N2O3. The molecule has 20 heavy (non-hydrogen) atoms. The van der Waals surface area contributed by atoms with Gasteiger partial charge in [0, 0.05) is 12.1 Å². The van der Waals surface area contributed by atoms with Gasteiger partial charge in [0.1, 0.15) is 11.4 Å². The van der Waals surface area contributed by atoms with Crippen molar-refractivity contribution in [3.05, 3.63) is 23.9 Å². The number of carbonyl (C=O) groups is 2. The molecule has 2 rings (SSSR count). The fourth-order valence-corrected chi connectivity index (χ4v) is 2.46. The Balaban J connectivity index is 2.08. The third-order valence-electron chi connectivity index (χ3n) is 3.52. The summed E-state index contributed by atoms with van der Waals surface area (Å²) < 4.78 is 4.97. The van der Waals surface area contributed by atoms with Crippen molar-refractivity contribution in [1.29, 1.82) is 0 Å². The maximum absolute atomic E-state index is 12.2. The number of hydrogen-bond acceptors (Lipinski definition) is 4. The van der Waals surface area contributed by atoms with E-state index in [2.05, 4.69) is 10.3 Å². The largest absolute Gasteiger partial charge is 0.462 e. The minimum Gasteiger partial charge on any atom is -0.462 e. The van der Waals surface area contributed by atoms with Crippen molar-refractivity contribution < 1.29 is 14.3 Å². The van der Waals surface area contributed by atoms with E-state index in [1.807, 2.05) is 0 Å². The SMILES string of the molecule is CCOC(=O)c1cccnc1NC(=O)C1CCCCC1. The summed E-state index contributed by atoms with van der Waals surface area (Å²) in [6.07, 6.45) is 6.75. The number of pyridine rings is 1. The molecule has 0 spiro atoms. The van der Waals surface area contributed by atoms with Crippen LogP contribution in [-0.2, 0) is 9.53 Å². The summed E-state index contributed by atoms with van der Waals surface area (Å²) in [5.74, 6) is -0.184. The van der Waals surface area contributed by atoms with Crippen molar-refractivity contribution in [3.63, 3.8) is 0 Å². The number of nitrogens with one attached hydrogen (secondary N) is 1. The number of rotatable bonds is 4. The lowest BCUT2D eigenvalue weighted by Crippen LogP contribution is -2.26. The van der Waals surface area contributed by atoms with Gasteiger partial charge in [-0.3, -0.25) is 4.79 Å². The highest BCUT2D eigenvalue weighted by Crippen LogP contribution is 2.25. The topological polar surface area (TPSA) is 68.3 Å². The van der Waals surface area contributed by atoms with Gasteiger partial charge in [0.15, 0.2) is 0 Å². The predicted octanol–water partition coefficient (Wildman–Crippen LogP) is 2.78. The summed E-state index contributed by atoms with van der Waals surface area (Å²) in [5.41, 5.74) is 0.304. The van der Waals surface area contributed by atoms with Gasteiger partial charge < -0.3 is 10.1 Å². The van der Waals surface area contributed by atoms with Crippen LogP contribution >= 0.6 is 0 Å². The zero-order valence-corrected chi connectivity index (χ0v) is 11.7. The first-order valence-electron chi connectivity index (χ1n) is 7.15. The molecule has 1 aromatic rings. The van der Waals surface area contributed by atoms with E-state index in [0.29, 0.717) is 18.0 Å². The Bertz CT molecular complexity index is 482. The average molecular weight is 276 g/mol. The number of hydrogen-bond donors (Lipinski definition) is 1. The number of ether oxygens (including phenoxy) is 1. The number of aromatic nitrogens is 1. The second-order valence-corrected chi connectivity index (χ2v) is 4.94. The van der Waals surface area contributed by atoms with Crippen LogP contribution < -0.4 is 5.32 Å². The lowest BCUT2D eigenvalue weighted by atomic mass is 9.88. The molecule has 5 nitrogen and oxygen atoms in total. The third-order valence-corrected chi connectivity index (χ3v) is 3.52. The molecule has 0 aliphatic heterocycles. The monoisotopic (exact) mass is 276 g/mol. The van der Waals surface area contributed by atoms with Gasteiger partial charge in [0.05, 0.1) is 6.61 Å². The van der Waals surface area contributed by atoms with Crippen molar-refractivity contribution in [2.75, 3.05) is 11.9 Å². The molecule has 0 atom stereocenters. The number of nitrogens with zero attached hydrogens (tertiary/aromatic N) is 1. The Labute approximate surface area is 118 Å². The molecule has 0 radical (unpaired) electrons. The van der Waals surface area contributed by atoms with Crippen LogP contribution in [0.1, 0.15) is 49.4 Å². The molecule has 1 saturated carbocycles. The first-order valence-corrected chi connectivity index (χ1v) is 7.15. The molecule has 1 heterocycles. The molecular weight excluding hydrogens is 256 g/mol. The Hall–Kier alpha value is -1.91. The molecule has 5 heteroatoms. The number of carbonyl (C=O) groups excluding carboxylic acids is 2. The van der Waals surface area contributed by atoms with Crippen molar-refractivity contribution in [3.8, 4) is 0 Å². The molecule has 1 N–H and O–H groups in total. The molecule has 1 aliphatic rings. The molecule has 0 bridgehead atoms. The van der Waals surface area contributed by atoms with Crippen LogP contribution in [0.15, 0.2) is 18.3 Å². The maximum Gasteiger partial charge on any atom is 0.341 e. The van der Waals surface area contributed by atoms with Crippen LogP contribution in [0.2, 0.25) is 0 Å². The van der Waals surface area contributed by atoms with Crippen LogP contribution in [0.25, 0.3) is 0 Å². The second kappa shape index (κ2) is 7.03. The van der Waals surface area contributed by atoms with E-state index in [0.717, 1.165) is 25.7 Å². The average Bonchev–Trinajstić information content (AvgIpc) is 2.49. The molecule has 1 fully saturated rings. The number of anilines is 1. The van der Waals surface area contributed by atoms with E-state index in [1.54, 1.807) is 25.3 Å². The van der Waals surface area contributed by atoms with Gasteiger partial charge >= 0.3 is 5.97 Å². The molecule has 108 valence electrons. The van der Waals surface area contributed by atoms with Gasteiger partial charge in [0.25, 0.3) is 0 Å². The predicted molar refractivity (Wildman–Crippen MR) is 75.4 cm³/mol. The van der Waals surface area contributed by atoms with Crippen molar-refractivity contribution in [1.82, 2.24) is 4.98 Å². The second-order valence-electron chi connectivity index (χ2n) is 4.94. The first-order chi connectivity index (χ1) is 9.72. The molecule has 0 aromatic carbocycles. The molecule has 0 unspecified atom stereocenters. The summed E-state index contributed by atoms with van der Waals surface area (Å²) in [6.45, 7) is 2.04. The highest BCUT2D eigenvalue weighted by atomic mass is 16.5. The van der Waals surface area contributed by atoms with E-state index >= 15 is 0 Å². The van der Waals surface area contributed by atoms with Gasteiger partial charge in [-0.1, -0.05) is 19.3 Å². The Morgan fingerprint density at radius 2 is 2.10 bits per heavy atom. The van der Waals surface area contributed by atoms with Gasteiger partial charge in [-0.25, -0.2) is 9.78 Å². The van der Waals surface area contributed by atoms with Crippen LogP contribution in [0, 0.1) is 5.92 Å². The van der Waals surface area contributed by atoms with Crippen LogP contribution in [0.5, 0.6) is 0 Å². The Morgan fingerprint density at radius 3 is 2.80 bits per heavy atom. The number of esters is 1. The minimum absolute atomic E-state index is 0.0285. The highest BCUT2D eigenvalue weighted by Gasteiger charge is 2.23. The van der Waals surface area contributed by atoms with Gasteiger partial charge in [-0.05, 0) is 31.9 Å². The summed E-state index contributed by atoms with van der Waals surface area (Å²) >= 11 is 0. The van der Waals surface area contributed by atoms with Gasteiger partial charge in [0.2, 0.25) is 5.91 Å². The van der Waals surface area contributed by atoms with Crippen molar-refractivity contribution >= 4 is 17.7 Å². The van der Waals surface area contributed by atoms with Crippen LogP contribution in [0.4, 0.5) is 5.82 Å². The van der Waals surface area contributed by atoms with Crippen molar-refractivity contribution in [2.24, 2.45) is 5.92 Å². The van der Waals surface area contributed by atoms with E-state index in [9.17, 15) is 9.59 Å². The quantitative estimate of drug-likeness (QED) is 0.859. The highest BCUT2D eigenvalue weighted by molar-refractivity contribution is 6.00. The van der Waals surface area contributed by atoms with Gasteiger partial charge in [-0.15, -0.1) is 0 Å².